The average Bonchev–Trinajstić information content (AvgIpc) is 2.91. The highest BCUT2D eigenvalue weighted by atomic mass is 16.6. The van der Waals surface area contributed by atoms with Gasteiger partial charge in [-0.05, 0) is 6.42 Å². The van der Waals surface area contributed by atoms with Crippen LogP contribution in [0.3, 0.4) is 0 Å². The van der Waals surface area contributed by atoms with Gasteiger partial charge in [0.25, 0.3) is 0 Å². The summed E-state index contributed by atoms with van der Waals surface area (Å²) in [6, 6.07) is 0. The van der Waals surface area contributed by atoms with Gasteiger partial charge >= 0.3 is 5.97 Å². The molecule has 0 aromatic heterocycles. The van der Waals surface area contributed by atoms with Gasteiger partial charge in [0.05, 0.1) is 113 Å². The van der Waals surface area contributed by atoms with Crippen LogP contribution in [-0.2, 0) is 52.2 Å². The first-order chi connectivity index (χ1) is 18.3. The van der Waals surface area contributed by atoms with Gasteiger partial charge in [-0.1, -0.05) is 32.6 Å². The predicted molar refractivity (Wildman–Crippen MR) is 138 cm³/mol. The Morgan fingerprint density at radius 2 is 0.703 bits per heavy atom. The fourth-order valence-electron chi connectivity index (χ4n) is 2.78. The maximum absolute atomic E-state index is 10.8. The minimum atomic E-state index is -0.402. The smallest absolute Gasteiger partial charge is 0.331 e. The van der Waals surface area contributed by atoms with E-state index in [1.165, 1.54) is 32.8 Å². The van der Waals surface area contributed by atoms with Crippen LogP contribution in [0.2, 0.25) is 0 Å². The third-order valence-corrected chi connectivity index (χ3v) is 4.82. The van der Waals surface area contributed by atoms with E-state index in [4.69, 9.17) is 42.6 Å². The molecule has 0 heterocycles. The molecule has 0 amide bonds. The summed E-state index contributed by atoms with van der Waals surface area (Å²) in [6.45, 7) is 11.1. The number of carbonyl (C=O) groups is 1. The van der Waals surface area contributed by atoms with Crippen molar-refractivity contribution >= 4 is 5.97 Å². The summed E-state index contributed by atoms with van der Waals surface area (Å²) in [6.07, 6.45) is 6.27. The summed E-state index contributed by atoms with van der Waals surface area (Å²) in [4.78, 5) is 10.8. The Kier molecular flexibility index (Phi) is 32.3. The highest BCUT2D eigenvalue weighted by Gasteiger charge is 1.99. The first kappa shape index (κ1) is 36.1. The first-order valence-electron chi connectivity index (χ1n) is 13.6. The molecule has 0 N–H and O–H groups in total. The molecule has 0 aliphatic carbocycles. The van der Waals surface area contributed by atoms with Crippen molar-refractivity contribution in [2.45, 2.75) is 39.0 Å². The van der Waals surface area contributed by atoms with Crippen LogP contribution in [0.25, 0.3) is 0 Å². The van der Waals surface area contributed by atoms with Gasteiger partial charge in [-0.2, -0.15) is 0 Å². The van der Waals surface area contributed by atoms with E-state index in [0.29, 0.717) is 106 Å². The predicted octanol–water partition coefficient (Wildman–Crippen LogP) is 2.28. The lowest BCUT2D eigenvalue weighted by molar-refractivity contribution is -0.146. The van der Waals surface area contributed by atoms with Crippen molar-refractivity contribution in [3.05, 3.63) is 0 Å². The van der Waals surface area contributed by atoms with Gasteiger partial charge in [0.1, 0.15) is 6.61 Å². The molecule has 222 valence electrons. The molecule has 11 nitrogen and oxygen atoms in total. The van der Waals surface area contributed by atoms with Crippen molar-refractivity contribution in [1.82, 2.24) is 0 Å². The summed E-state index contributed by atoms with van der Waals surface area (Å²) >= 11 is 0. The van der Waals surface area contributed by atoms with Crippen LogP contribution in [0.5, 0.6) is 0 Å². The van der Waals surface area contributed by atoms with Crippen LogP contribution in [-0.4, -0.2) is 132 Å². The normalized spacial score (nSPS) is 11.3. The van der Waals surface area contributed by atoms with Crippen LogP contribution < -0.4 is 0 Å². The molecule has 0 aromatic rings. The van der Waals surface area contributed by atoms with Gasteiger partial charge in [-0.25, -0.2) is 4.79 Å². The fourth-order valence-corrected chi connectivity index (χ4v) is 2.78. The molecule has 0 rings (SSSR count). The largest absolute Gasteiger partial charge is 0.467 e. The maximum Gasteiger partial charge on any atom is 0.331 e. The topological polar surface area (TPSA) is 109 Å². The molecule has 11 heteroatoms. The highest BCUT2D eigenvalue weighted by Crippen LogP contribution is 2.02. The lowest BCUT2D eigenvalue weighted by Gasteiger charge is -2.09. The van der Waals surface area contributed by atoms with E-state index >= 15 is 0 Å². The third-order valence-electron chi connectivity index (χ3n) is 4.82. The molecule has 0 bridgehead atoms. The van der Waals surface area contributed by atoms with Crippen molar-refractivity contribution < 1.29 is 52.2 Å². The molecule has 0 saturated heterocycles. The molecular weight excluding hydrogens is 488 g/mol. The molecule has 0 spiro atoms. The number of carbonyl (C=O) groups excluding carboxylic acids is 1. The summed E-state index contributed by atoms with van der Waals surface area (Å²) in [5.74, 6) is -0.402. The van der Waals surface area contributed by atoms with E-state index in [0.717, 1.165) is 13.0 Å². The summed E-state index contributed by atoms with van der Waals surface area (Å²) in [7, 11) is 1.32. The number of hydrogen-bond donors (Lipinski definition) is 0. The van der Waals surface area contributed by atoms with E-state index in [-0.39, 0.29) is 6.61 Å². The number of rotatable bonds is 32. The zero-order valence-corrected chi connectivity index (χ0v) is 23.3. The Labute approximate surface area is 223 Å². The number of esters is 1. The zero-order chi connectivity index (χ0) is 26.9. The third kappa shape index (κ3) is 33.1. The van der Waals surface area contributed by atoms with Crippen molar-refractivity contribution in [2.24, 2.45) is 0 Å². The van der Waals surface area contributed by atoms with Crippen molar-refractivity contribution in [1.29, 1.82) is 0 Å². The van der Waals surface area contributed by atoms with E-state index in [1.54, 1.807) is 0 Å². The molecule has 0 aliphatic rings. The average molecular weight is 541 g/mol. The van der Waals surface area contributed by atoms with E-state index in [1.807, 2.05) is 0 Å². The minimum Gasteiger partial charge on any atom is -0.467 e. The lowest BCUT2D eigenvalue weighted by atomic mass is 10.2. The van der Waals surface area contributed by atoms with Crippen LogP contribution in [0.1, 0.15) is 39.0 Å². The van der Waals surface area contributed by atoms with Gasteiger partial charge in [0.15, 0.2) is 0 Å². The minimum absolute atomic E-state index is 0.0634. The van der Waals surface area contributed by atoms with Crippen LogP contribution in [0.4, 0.5) is 0 Å². The van der Waals surface area contributed by atoms with Crippen molar-refractivity contribution in [3.8, 4) is 0 Å². The Bertz CT molecular complexity index is 441. The second kappa shape index (κ2) is 33.1. The summed E-state index contributed by atoms with van der Waals surface area (Å²) < 4.78 is 53.0. The quantitative estimate of drug-likeness (QED) is 0.0926. The van der Waals surface area contributed by atoms with E-state index < -0.39 is 5.97 Å². The Morgan fingerprint density at radius 3 is 1.03 bits per heavy atom. The molecule has 0 atom stereocenters. The molecule has 37 heavy (non-hydrogen) atoms. The number of unbranched alkanes of at least 4 members (excludes halogenated alkanes) is 4. The molecule has 0 saturated carbocycles. The Morgan fingerprint density at radius 1 is 0.405 bits per heavy atom. The Hall–Kier alpha value is -0.890. The first-order valence-corrected chi connectivity index (χ1v) is 13.6. The van der Waals surface area contributed by atoms with Gasteiger partial charge < -0.3 is 47.4 Å². The maximum atomic E-state index is 10.8. The zero-order valence-electron chi connectivity index (χ0n) is 23.3. The van der Waals surface area contributed by atoms with E-state index in [2.05, 4.69) is 11.7 Å². The van der Waals surface area contributed by atoms with Crippen molar-refractivity contribution in [3.63, 3.8) is 0 Å². The molecule has 0 fully saturated rings. The number of methoxy groups -OCH3 is 1. The van der Waals surface area contributed by atoms with Crippen LogP contribution in [0.15, 0.2) is 0 Å². The molecular formula is C26H52O11. The monoisotopic (exact) mass is 540 g/mol. The van der Waals surface area contributed by atoms with Crippen LogP contribution in [0, 0.1) is 0 Å². The SMILES string of the molecule is CCCCCCCOCCOCCOCCOCCOCCOCCOCCOCCOCC(=O)OC. The summed E-state index contributed by atoms with van der Waals surface area (Å²) in [5.41, 5.74) is 0. The number of hydrogen-bond acceptors (Lipinski definition) is 11. The second-order valence-corrected chi connectivity index (χ2v) is 7.94. The molecule has 0 aromatic carbocycles. The fraction of sp³-hybridized carbons (Fsp3) is 0.962. The van der Waals surface area contributed by atoms with Gasteiger partial charge in [-0.3, -0.25) is 0 Å². The molecule has 0 unspecified atom stereocenters. The van der Waals surface area contributed by atoms with E-state index in [9.17, 15) is 4.79 Å². The summed E-state index contributed by atoms with van der Waals surface area (Å²) in [5, 5.41) is 0. The number of ether oxygens (including phenoxy) is 10. The van der Waals surface area contributed by atoms with Gasteiger partial charge in [0, 0.05) is 6.61 Å². The van der Waals surface area contributed by atoms with Gasteiger partial charge in [-0.15, -0.1) is 0 Å². The highest BCUT2D eigenvalue weighted by molar-refractivity contribution is 5.70. The van der Waals surface area contributed by atoms with Gasteiger partial charge in [0.2, 0.25) is 0 Å². The Balaban J connectivity index is 3.03. The van der Waals surface area contributed by atoms with Crippen LogP contribution >= 0.6 is 0 Å². The standard InChI is InChI=1S/C26H52O11/c1-3-4-5-6-7-8-29-9-10-30-11-12-31-13-14-32-15-16-33-17-18-34-19-20-35-21-22-36-23-24-37-25-26(27)28-2/h3-25H2,1-2H3. The molecule has 0 radical (unpaired) electrons. The van der Waals surface area contributed by atoms with Crippen molar-refractivity contribution in [2.75, 3.05) is 126 Å². The second-order valence-electron chi connectivity index (χ2n) is 7.94. The lowest BCUT2D eigenvalue weighted by Crippen LogP contribution is -2.16. The molecule has 0 aliphatic heterocycles.